The molecule has 0 N–H and O–H groups in total. The van der Waals surface area contributed by atoms with Crippen LogP contribution in [0.25, 0.3) is 88.1 Å². The number of hydrogen-bond donors (Lipinski definition) is 0. The number of hydrogen-bond acceptors (Lipinski definition) is 2. The van der Waals surface area contributed by atoms with E-state index in [9.17, 15) is 5.26 Å². The van der Waals surface area contributed by atoms with Crippen LogP contribution in [0, 0.1) is 11.3 Å². The number of para-hydroxylation sites is 3. The summed E-state index contributed by atoms with van der Waals surface area (Å²) in [6.07, 6.45) is 0. The molecule has 3 aromatic heterocycles. The Kier molecular flexibility index (Phi) is 5.32. The molecule has 10 aromatic rings. The van der Waals surface area contributed by atoms with Gasteiger partial charge in [-0.05, 0) is 83.9 Å². The average Bonchev–Trinajstić information content (AvgIpc) is 3.79. The number of benzene rings is 7. The number of aromatic nitrogens is 2. The first-order valence-electron chi connectivity index (χ1n) is 15.7. The van der Waals surface area contributed by atoms with E-state index in [1.807, 2.05) is 18.2 Å². The van der Waals surface area contributed by atoms with Crippen LogP contribution in [0.4, 0.5) is 0 Å². The second kappa shape index (κ2) is 9.71. The molecule has 0 aliphatic carbocycles. The Balaban J connectivity index is 1.15. The fourth-order valence-electron chi connectivity index (χ4n) is 7.50. The molecule has 0 saturated heterocycles. The highest BCUT2D eigenvalue weighted by atomic mass is 16.3. The topological polar surface area (TPSA) is 46.8 Å². The van der Waals surface area contributed by atoms with E-state index in [1.54, 1.807) is 0 Å². The van der Waals surface area contributed by atoms with Crippen molar-refractivity contribution in [3.8, 4) is 28.6 Å². The van der Waals surface area contributed by atoms with E-state index >= 15 is 0 Å². The van der Waals surface area contributed by atoms with E-state index in [-0.39, 0.29) is 0 Å². The summed E-state index contributed by atoms with van der Waals surface area (Å²) in [5, 5.41) is 16.6. The molecule has 4 heteroatoms. The molecule has 0 radical (unpaired) electrons. The molecule has 0 fully saturated rings. The maximum atomic E-state index is 9.92. The lowest BCUT2D eigenvalue weighted by Crippen LogP contribution is -1.94. The third kappa shape index (κ3) is 3.69. The summed E-state index contributed by atoms with van der Waals surface area (Å²) in [4.78, 5) is 0. The van der Waals surface area contributed by atoms with Crippen LogP contribution in [0.15, 0.2) is 156 Å². The van der Waals surface area contributed by atoms with E-state index in [0.717, 1.165) is 66.2 Å². The van der Waals surface area contributed by atoms with Crippen LogP contribution in [0.2, 0.25) is 0 Å². The largest absolute Gasteiger partial charge is 0.456 e. The summed E-state index contributed by atoms with van der Waals surface area (Å²) in [6, 6.07) is 55.5. The predicted octanol–water partition coefficient (Wildman–Crippen LogP) is 11.3. The van der Waals surface area contributed by atoms with E-state index in [1.165, 1.54) is 21.8 Å². The summed E-state index contributed by atoms with van der Waals surface area (Å²) in [5.74, 6) is 0. The standard InChI is InChI=1S/C43H25N3O/c44-26-29-10-8-18-40-43(29)34-14-3-6-17-39(34)46(40)31-20-22-42-36(25-31)35-24-28(19-21-41(35)47-42)27-9-7-11-30(23-27)45-37-15-4-1-12-32(37)33-13-2-5-16-38(33)45/h1-25H. The molecule has 0 unspecified atom stereocenters. The summed E-state index contributed by atoms with van der Waals surface area (Å²) < 4.78 is 11.0. The molecule has 4 nitrogen and oxygen atoms in total. The van der Waals surface area contributed by atoms with Crippen molar-refractivity contribution in [2.75, 3.05) is 0 Å². The van der Waals surface area contributed by atoms with Gasteiger partial charge in [-0.25, -0.2) is 0 Å². The van der Waals surface area contributed by atoms with E-state index in [4.69, 9.17) is 4.42 Å². The minimum atomic E-state index is 0.681. The zero-order valence-electron chi connectivity index (χ0n) is 25.2. The molecule has 218 valence electrons. The van der Waals surface area contributed by atoms with Crippen LogP contribution in [-0.4, -0.2) is 9.13 Å². The first kappa shape index (κ1) is 25.7. The second-order valence-electron chi connectivity index (χ2n) is 12.1. The van der Waals surface area contributed by atoms with Gasteiger partial charge in [0.15, 0.2) is 0 Å². The summed E-state index contributed by atoms with van der Waals surface area (Å²) >= 11 is 0. The Bertz CT molecular complexity index is 2880. The molecule has 0 amide bonds. The molecule has 0 spiro atoms. The lowest BCUT2D eigenvalue weighted by atomic mass is 10.0. The van der Waals surface area contributed by atoms with Gasteiger partial charge in [-0.2, -0.15) is 5.26 Å². The molecule has 10 rings (SSSR count). The van der Waals surface area contributed by atoms with E-state index in [2.05, 4.69) is 149 Å². The zero-order valence-corrected chi connectivity index (χ0v) is 25.2. The van der Waals surface area contributed by atoms with E-state index in [0.29, 0.717) is 5.56 Å². The van der Waals surface area contributed by atoms with Crippen molar-refractivity contribution in [3.63, 3.8) is 0 Å². The number of rotatable bonds is 3. The Morgan fingerprint density at radius 1 is 0.426 bits per heavy atom. The van der Waals surface area contributed by atoms with Gasteiger partial charge in [0, 0.05) is 43.7 Å². The molecule has 0 aliphatic heterocycles. The van der Waals surface area contributed by atoms with Crippen molar-refractivity contribution in [1.29, 1.82) is 5.26 Å². The highest BCUT2D eigenvalue weighted by Crippen LogP contribution is 2.38. The number of nitriles is 1. The second-order valence-corrected chi connectivity index (χ2v) is 12.1. The number of furan rings is 1. The minimum absolute atomic E-state index is 0.681. The van der Waals surface area contributed by atoms with Gasteiger partial charge in [0.25, 0.3) is 0 Å². The van der Waals surface area contributed by atoms with Crippen molar-refractivity contribution < 1.29 is 4.42 Å². The van der Waals surface area contributed by atoms with Gasteiger partial charge in [0.1, 0.15) is 11.2 Å². The lowest BCUT2D eigenvalue weighted by Gasteiger charge is -2.10. The molecule has 0 saturated carbocycles. The van der Waals surface area contributed by atoms with Gasteiger partial charge < -0.3 is 13.6 Å². The Morgan fingerprint density at radius 2 is 0.979 bits per heavy atom. The third-order valence-corrected chi connectivity index (χ3v) is 9.55. The van der Waals surface area contributed by atoms with Gasteiger partial charge in [-0.1, -0.05) is 78.9 Å². The van der Waals surface area contributed by atoms with Gasteiger partial charge in [-0.15, -0.1) is 0 Å². The fraction of sp³-hybridized carbons (Fsp3) is 0. The fourth-order valence-corrected chi connectivity index (χ4v) is 7.50. The molecule has 0 aliphatic rings. The SMILES string of the molecule is N#Cc1cccc2c1c1ccccc1n2-c1ccc2oc3ccc(-c4cccc(-n5c6ccccc6c6ccccc65)c4)cc3c2c1. The third-order valence-electron chi connectivity index (χ3n) is 9.55. The molecule has 47 heavy (non-hydrogen) atoms. The zero-order chi connectivity index (χ0) is 31.1. The van der Waals surface area contributed by atoms with Crippen LogP contribution >= 0.6 is 0 Å². The molecular weight excluding hydrogens is 574 g/mol. The number of fused-ring (bicyclic) bond motifs is 9. The summed E-state index contributed by atoms with van der Waals surface area (Å²) in [5.41, 5.74) is 11.3. The Hall–Kier alpha value is -6.57. The first-order chi connectivity index (χ1) is 23.3. The van der Waals surface area contributed by atoms with Crippen molar-refractivity contribution in [2.24, 2.45) is 0 Å². The highest BCUT2D eigenvalue weighted by Gasteiger charge is 2.17. The molecule has 0 bridgehead atoms. The molecule has 3 heterocycles. The van der Waals surface area contributed by atoms with Crippen molar-refractivity contribution in [1.82, 2.24) is 9.13 Å². The van der Waals surface area contributed by atoms with Crippen LogP contribution in [0.5, 0.6) is 0 Å². The van der Waals surface area contributed by atoms with E-state index < -0.39 is 0 Å². The average molecular weight is 600 g/mol. The van der Waals surface area contributed by atoms with Crippen molar-refractivity contribution in [2.45, 2.75) is 0 Å². The van der Waals surface area contributed by atoms with Crippen molar-refractivity contribution >= 4 is 65.6 Å². The van der Waals surface area contributed by atoms with Crippen LogP contribution < -0.4 is 0 Å². The highest BCUT2D eigenvalue weighted by molar-refractivity contribution is 6.13. The summed E-state index contributed by atoms with van der Waals surface area (Å²) in [7, 11) is 0. The maximum absolute atomic E-state index is 9.92. The lowest BCUT2D eigenvalue weighted by molar-refractivity contribution is 0.669. The quantitative estimate of drug-likeness (QED) is 0.203. The van der Waals surface area contributed by atoms with Gasteiger partial charge in [-0.3, -0.25) is 0 Å². The van der Waals surface area contributed by atoms with Crippen molar-refractivity contribution in [3.05, 3.63) is 157 Å². The Labute approximate surface area is 269 Å². The summed E-state index contributed by atoms with van der Waals surface area (Å²) in [6.45, 7) is 0. The van der Waals surface area contributed by atoms with Gasteiger partial charge in [0.05, 0.1) is 33.7 Å². The van der Waals surface area contributed by atoms with Crippen LogP contribution in [0.3, 0.4) is 0 Å². The Morgan fingerprint density at radius 3 is 1.72 bits per heavy atom. The van der Waals surface area contributed by atoms with Crippen LogP contribution in [-0.2, 0) is 0 Å². The first-order valence-corrected chi connectivity index (χ1v) is 15.7. The van der Waals surface area contributed by atoms with Gasteiger partial charge >= 0.3 is 0 Å². The maximum Gasteiger partial charge on any atom is 0.135 e. The number of nitrogens with zero attached hydrogens (tertiary/aromatic N) is 3. The van der Waals surface area contributed by atoms with Crippen LogP contribution in [0.1, 0.15) is 5.56 Å². The molecular formula is C43H25N3O. The minimum Gasteiger partial charge on any atom is -0.456 e. The predicted molar refractivity (Wildman–Crippen MR) is 193 cm³/mol. The smallest absolute Gasteiger partial charge is 0.135 e. The monoisotopic (exact) mass is 599 g/mol. The van der Waals surface area contributed by atoms with Gasteiger partial charge in [0.2, 0.25) is 0 Å². The molecule has 7 aromatic carbocycles. The molecule has 0 atom stereocenters. The normalized spacial score (nSPS) is 11.8.